The van der Waals surface area contributed by atoms with Gasteiger partial charge in [-0.05, 0) is 50.1 Å². The number of hydrogen-bond donors (Lipinski definition) is 2. The summed E-state index contributed by atoms with van der Waals surface area (Å²) in [6.45, 7) is 5.85. The van der Waals surface area contributed by atoms with E-state index in [1.54, 1.807) is 7.11 Å². The normalized spacial score (nSPS) is 11.7. The summed E-state index contributed by atoms with van der Waals surface area (Å²) < 4.78 is 5.95. The van der Waals surface area contributed by atoms with Crippen LogP contribution in [0, 0.1) is 13.8 Å². The average Bonchev–Trinajstić information content (AvgIpc) is 3.11. The van der Waals surface area contributed by atoms with Crippen LogP contribution >= 0.6 is 23.1 Å². The Labute approximate surface area is 172 Å². The quantitative estimate of drug-likeness (QED) is 0.528. The third-order valence-electron chi connectivity index (χ3n) is 4.03. The van der Waals surface area contributed by atoms with Crippen LogP contribution in [0.15, 0.2) is 46.8 Å². The van der Waals surface area contributed by atoms with Crippen LogP contribution in [0.3, 0.4) is 0 Å². The Morgan fingerprint density at radius 2 is 2.00 bits per heavy atom. The Balaban J connectivity index is 1.60. The van der Waals surface area contributed by atoms with E-state index in [1.807, 2.05) is 63.2 Å². The minimum atomic E-state index is -0.294. The number of benzene rings is 2. The van der Waals surface area contributed by atoms with E-state index in [2.05, 4.69) is 20.8 Å². The maximum absolute atomic E-state index is 12.5. The lowest BCUT2D eigenvalue weighted by Gasteiger charge is -2.12. The second-order valence-corrected chi connectivity index (χ2v) is 8.86. The Morgan fingerprint density at radius 3 is 2.79 bits per heavy atom. The first-order valence-corrected chi connectivity index (χ1v) is 10.4. The lowest BCUT2D eigenvalue weighted by molar-refractivity contribution is -0.115. The van der Waals surface area contributed by atoms with Gasteiger partial charge in [-0.2, -0.15) is 0 Å². The second kappa shape index (κ2) is 9.07. The summed E-state index contributed by atoms with van der Waals surface area (Å²) in [5.41, 5.74) is 3.86. The van der Waals surface area contributed by atoms with Crippen molar-refractivity contribution in [1.29, 1.82) is 0 Å². The van der Waals surface area contributed by atoms with E-state index in [0.717, 1.165) is 32.6 Å². The van der Waals surface area contributed by atoms with Crippen molar-refractivity contribution in [2.75, 3.05) is 17.7 Å². The third-order valence-corrected chi connectivity index (χ3v) is 6.05. The first-order valence-electron chi connectivity index (χ1n) is 8.74. The molecule has 2 aromatic carbocycles. The van der Waals surface area contributed by atoms with Crippen LogP contribution in [-0.4, -0.2) is 28.5 Å². The molecule has 1 amide bonds. The van der Waals surface area contributed by atoms with Crippen LogP contribution in [-0.2, 0) is 4.79 Å². The standard InChI is InChI=1S/C20H22N4O2S2/c1-12-8-9-13(2)17(10-12)22-18(25)14(3)27-20-24-23-19(28-20)21-15-6-5-7-16(11-15)26-4/h5-11,14H,1-4H3,(H,21,23)(H,22,25). The van der Waals surface area contributed by atoms with Crippen LogP contribution < -0.4 is 15.4 Å². The highest BCUT2D eigenvalue weighted by Crippen LogP contribution is 2.31. The monoisotopic (exact) mass is 414 g/mol. The van der Waals surface area contributed by atoms with Crippen molar-refractivity contribution in [3.63, 3.8) is 0 Å². The van der Waals surface area contributed by atoms with Gasteiger partial charge < -0.3 is 15.4 Å². The molecule has 1 atom stereocenters. The molecular formula is C20H22N4O2S2. The van der Waals surface area contributed by atoms with E-state index in [0.29, 0.717) is 5.13 Å². The van der Waals surface area contributed by atoms with Gasteiger partial charge in [-0.25, -0.2) is 0 Å². The van der Waals surface area contributed by atoms with Gasteiger partial charge in [0.25, 0.3) is 0 Å². The smallest absolute Gasteiger partial charge is 0.237 e. The summed E-state index contributed by atoms with van der Waals surface area (Å²) in [7, 11) is 1.63. The molecule has 0 spiro atoms. The average molecular weight is 415 g/mol. The fourth-order valence-electron chi connectivity index (χ4n) is 2.44. The predicted molar refractivity (Wildman–Crippen MR) is 116 cm³/mol. The topological polar surface area (TPSA) is 76.1 Å². The molecule has 2 N–H and O–H groups in total. The zero-order chi connectivity index (χ0) is 20.1. The maximum Gasteiger partial charge on any atom is 0.237 e. The first kappa shape index (κ1) is 20.2. The summed E-state index contributed by atoms with van der Waals surface area (Å²) in [4.78, 5) is 12.5. The van der Waals surface area contributed by atoms with Crippen molar-refractivity contribution in [2.24, 2.45) is 0 Å². The molecule has 6 nitrogen and oxygen atoms in total. The zero-order valence-electron chi connectivity index (χ0n) is 16.1. The lowest BCUT2D eigenvalue weighted by atomic mass is 10.1. The van der Waals surface area contributed by atoms with Gasteiger partial charge in [0.15, 0.2) is 4.34 Å². The highest BCUT2D eigenvalue weighted by molar-refractivity contribution is 8.02. The van der Waals surface area contributed by atoms with E-state index < -0.39 is 0 Å². The predicted octanol–water partition coefficient (Wildman–Crippen LogP) is 5.03. The van der Waals surface area contributed by atoms with E-state index in [-0.39, 0.29) is 11.2 Å². The number of nitrogens with one attached hydrogen (secondary N) is 2. The number of aryl methyl sites for hydroxylation is 2. The van der Waals surface area contributed by atoms with Gasteiger partial charge in [0.05, 0.1) is 12.4 Å². The van der Waals surface area contributed by atoms with Gasteiger partial charge in [-0.15, -0.1) is 10.2 Å². The number of anilines is 3. The SMILES string of the molecule is COc1cccc(Nc2nnc(SC(C)C(=O)Nc3cc(C)ccc3C)s2)c1. The van der Waals surface area contributed by atoms with Gasteiger partial charge in [0.1, 0.15) is 5.75 Å². The summed E-state index contributed by atoms with van der Waals surface area (Å²) in [6.07, 6.45) is 0. The molecule has 146 valence electrons. The number of nitrogens with zero attached hydrogens (tertiary/aromatic N) is 2. The highest BCUT2D eigenvalue weighted by Gasteiger charge is 2.18. The van der Waals surface area contributed by atoms with Gasteiger partial charge in [-0.3, -0.25) is 4.79 Å². The van der Waals surface area contributed by atoms with E-state index in [9.17, 15) is 4.79 Å². The van der Waals surface area contributed by atoms with Crippen molar-refractivity contribution in [2.45, 2.75) is 30.4 Å². The molecule has 0 fully saturated rings. The molecule has 28 heavy (non-hydrogen) atoms. The van der Waals surface area contributed by atoms with Gasteiger partial charge in [0, 0.05) is 17.4 Å². The molecule has 3 rings (SSSR count). The van der Waals surface area contributed by atoms with E-state index in [1.165, 1.54) is 23.1 Å². The van der Waals surface area contributed by atoms with Crippen molar-refractivity contribution < 1.29 is 9.53 Å². The molecule has 1 unspecified atom stereocenters. The summed E-state index contributed by atoms with van der Waals surface area (Å²) in [5, 5.41) is 14.9. The Hall–Kier alpha value is -2.58. The van der Waals surface area contributed by atoms with Gasteiger partial charge in [0.2, 0.25) is 11.0 Å². The van der Waals surface area contributed by atoms with Crippen LogP contribution in [0.2, 0.25) is 0 Å². The first-order chi connectivity index (χ1) is 13.4. The molecule has 8 heteroatoms. The molecular weight excluding hydrogens is 392 g/mol. The van der Waals surface area contributed by atoms with Crippen LogP contribution in [0.1, 0.15) is 18.1 Å². The third kappa shape index (κ3) is 5.24. The van der Waals surface area contributed by atoms with Gasteiger partial charge in [-0.1, -0.05) is 41.3 Å². The number of carbonyl (C=O) groups excluding carboxylic acids is 1. The Kier molecular flexibility index (Phi) is 6.53. The molecule has 1 aromatic heterocycles. The fraction of sp³-hybridized carbons (Fsp3) is 0.250. The number of carbonyl (C=O) groups is 1. The molecule has 0 bridgehead atoms. The summed E-state index contributed by atoms with van der Waals surface area (Å²) in [5.74, 6) is 0.706. The number of amides is 1. The highest BCUT2D eigenvalue weighted by atomic mass is 32.2. The van der Waals surface area contributed by atoms with Crippen LogP contribution in [0.5, 0.6) is 5.75 Å². The minimum absolute atomic E-state index is 0.0591. The maximum atomic E-state index is 12.5. The molecule has 0 saturated heterocycles. The van der Waals surface area contributed by atoms with Crippen molar-refractivity contribution in [3.8, 4) is 5.75 Å². The largest absolute Gasteiger partial charge is 0.497 e. The minimum Gasteiger partial charge on any atom is -0.497 e. The molecule has 0 saturated carbocycles. The Morgan fingerprint density at radius 1 is 1.18 bits per heavy atom. The number of hydrogen-bond acceptors (Lipinski definition) is 7. The van der Waals surface area contributed by atoms with E-state index in [4.69, 9.17) is 4.74 Å². The van der Waals surface area contributed by atoms with Crippen LogP contribution in [0.4, 0.5) is 16.5 Å². The molecule has 1 heterocycles. The molecule has 3 aromatic rings. The van der Waals surface area contributed by atoms with Crippen molar-refractivity contribution in [1.82, 2.24) is 10.2 Å². The van der Waals surface area contributed by atoms with Crippen molar-refractivity contribution >= 4 is 45.5 Å². The van der Waals surface area contributed by atoms with E-state index >= 15 is 0 Å². The number of thioether (sulfide) groups is 1. The summed E-state index contributed by atoms with van der Waals surface area (Å²) in [6, 6.07) is 13.6. The van der Waals surface area contributed by atoms with Crippen molar-refractivity contribution in [3.05, 3.63) is 53.6 Å². The second-order valence-electron chi connectivity index (χ2n) is 6.30. The fourth-order valence-corrected chi connectivity index (χ4v) is 4.36. The number of ether oxygens (including phenoxy) is 1. The van der Waals surface area contributed by atoms with Crippen LogP contribution in [0.25, 0.3) is 0 Å². The number of aromatic nitrogens is 2. The number of rotatable bonds is 7. The zero-order valence-corrected chi connectivity index (χ0v) is 17.8. The summed E-state index contributed by atoms with van der Waals surface area (Å²) >= 11 is 2.80. The Bertz CT molecular complexity index is 974. The molecule has 0 radical (unpaired) electrons. The van der Waals surface area contributed by atoms with Gasteiger partial charge >= 0.3 is 0 Å². The lowest BCUT2D eigenvalue weighted by Crippen LogP contribution is -2.22. The molecule has 0 aliphatic rings. The molecule has 0 aliphatic heterocycles. The number of methoxy groups -OCH3 is 1. The molecule has 0 aliphatic carbocycles.